The first-order valence-corrected chi connectivity index (χ1v) is 10.7. The second-order valence-corrected chi connectivity index (χ2v) is 8.33. The fourth-order valence-corrected chi connectivity index (χ4v) is 4.23. The van der Waals surface area contributed by atoms with Crippen LogP contribution in [0, 0.1) is 0 Å². The number of carboxylic acids is 1. The molecule has 0 radical (unpaired) electrons. The van der Waals surface area contributed by atoms with E-state index in [4.69, 9.17) is 22.1 Å². The molecule has 160 valence electrons. The molecule has 2 aromatic rings. The number of hydrogen-bond acceptors (Lipinski definition) is 6. The first kappa shape index (κ1) is 22.5. The predicted octanol–water partition coefficient (Wildman–Crippen LogP) is 3.66. The van der Waals surface area contributed by atoms with Gasteiger partial charge in [0.05, 0.1) is 11.3 Å². The number of amides is 2. The number of rotatable bonds is 8. The Morgan fingerprint density at radius 3 is 2.61 bits per heavy atom. The lowest BCUT2D eigenvalue weighted by Gasteiger charge is -2.22. The largest absolute Gasteiger partial charge is 0.481 e. The van der Waals surface area contributed by atoms with Crippen LogP contribution >= 0.6 is 24.0 Å². The van der Waals surface area contributed by atoms with Crippen LogP contribution in [0.25, 0.3) is 6.08 Å². The Hall–Kier alpha value is -3.17. The highest BCUT2D eigenvalue weighted by molar-refractivity contribution is 8.26. The highest BCUT2D eigenvalue weighted by Crippen LogP contribution is 2.34. The SMILES string of the molecule is CC(C(=O)NCCC(=O)O)N1C(=O)/C(=C/c2cccc(Oc3ccccc3)c2)SC1=S. The summed E-state index contributed by atoms with van der Waals surface area (Å²) < 4.78 is 6.10. The Morgan fingerprint density at radius 2 is 1.90 bits per heavy atom. The van der Waals surface area contributed by atoms with Crippen LogP contribution in [0.5, 0.6) is 11.5 Å². The minimum absolute atomic E-state index is 0.0165. The minimum atomic E-state index is -1.01. The number of para-hydroxylation sites is 1. The van der Waals surface area contributed by atoms with Crippen LogP contribution in [-0.4, -0.2) is 44.7 Å². The molecular formula is C22H20N2O5S2. The highest BCUT2D eigenvalue weighted by atomic mass is 32.2. The highest BCUT2D eigenvalue weighted by Gasteiger charge is 2.38. The van der Waals surface area contributed by atoms with E-state index in [0.29, 0.717) is 16.4 Å². The van der Waals surface area contributed by atoms with E-state index < -0.39 is 17.9 Å². The molecule has 31 heavy (non-hydrogen) atoms. The van der Waals surface area contributed by atoms with Gasteiger partial charge >= 0.3 is 5.97 Å². The molecular weight excluding hydrogens is 436 g/mol. The van der Waals surface area contributed by atoms with E-state index >= 15 is 0 Å². The zero-order valence-corrected chi connectivity index (χ0v) is 18.2. The van der Waals surface area contributed by atoms with Crippen molar-refractivity contribution in [1.29, 1.82) is 0 Å². The first-order chi connectivity index (χ1) is 14.8. The molecule has 1 unspecified atom stereocenters. The number of thiocarbonyl (C=S) groups is 1. The number of carboxylic acid groups (broad SMARTS) is 1. The van der Waals surface area contributed by atoms with Gasteiger partial charge in [0.2, 0.25) is 5.91 Å². The maximum atomic E-state index is 12.9. The molecule has 0 saturated carbocycles. The van der Waals surface area contributed by atoms with Gasteiger partial charge in [-0.25, -0.2) is 0 Å². The Labute approximate surface area is 189 Å². The number of benzene rings is 2. The predicted molar refractivity (Wildman–Crippen MR) is 123 cm³/mol. The molecule has 1 aliphatic rings. The summed E-state index contributed by atoms with van der Waals surface area (Å²) >= 11 is 6.42. The molecule has 2 aromatic carbocycles. The summed E-state index contributed by atoms with van der Waals surface area (Å²) in [6.07, 6.45) is 1.50. The number of carbonyl (C=O) groups excluding carboxylic acids is 2. The number of ether oxygens (including phenoxy) is 1. The molecule has 2 amide bonds. The van der Waals surface area contributed by atoms with Gasteiger partial charge in [-0.05, 0) is 42.8 Å². The number of nitrogens with one attached hydrogen (secondary N) is 1. The van der Waals surface area contributed by atoms with Crippen molar-refractivity contribution in [2.45, 2.75) is 19.4 Å². The summed E-state index contributed by atoms with van der Waals surface area (Å²) in [4.78, 5) is 37.4. The van der Waals surface area contributed by atoms with Crippen molar-refractivity contribution in [3.63, 3.8) is 0 Å². The van der Waals surface area contributed by atoms with Gasteiger partial charge < -0.3 is 15.2 Å². The lowest BCUT2D eigenvalue weighted by molar-refractivity contribution is -0.137. The van der Waals surface area contributed by atoms with Crippen LogP contribution in [0.4, 0.5) is 0 Å². The van der Waals surface area contributed by atoms with Crippen molar-refractivity contribution in [2.24, 2.45) is 0 Å². The lowest BCUT2D eigenvalue weighted by atomic mass is 10.2. The van der Waals surface area contributed by atoms with Gasteiger partial charge in [0.25, 0.3) is 5.91 Å². The van der Waals surface area contributed by atoms with Gasteiger partial charge in [-0.15, -0.1) is 0 Å². The summed E-state index contributed by atoms with van der Waals surface area (Å²) in [5, 5.41) is 11.2. The second-order valence-electron chi connectivity index (χ2n) is 6.65. The standard InChI is InChI=1S/C22H20N2O5S2/c1-14(20(27)23-11-10-19(25)26)24-21(28)18(31-22(24)30)13-15-6-5-9-17(12-15)29-16-7-3-2-4-8-16/h2-9,12-14H,10-11H2,1H3,(H,23,27)(H,25,26)/b18-13-. The number of carbonyl (C=O) groups is 3. The molecule has 1 aliphatic heterocycles. The van der Waals surface area contributed by atoms with E-state index in [9.17, 15) is 14.4 Å². The second kappa shape index (κ2) is 10.2. The molecule has 1 fully saturated rings. The minimum Gasteiger partial charge on any atom is -0.481 e. The number of thioether (sulfide) groups is 1. The first-order valence-electron chi connectivity index (χ1n) is 9.44. The van der Waals surface area contributed by atoms with E-state index in [1.165, 1.54) is 4.90 Å². The third-order valence-corrected chi connectivity index (χ3v) is 5.69. The zero-order chi connectivity index (χ0) is 22.4. The van der Waals surface area contributed by atoms with Gasteiger partial charge in [0.1, 0.15) is 21.9 Å². The molecule has 1 heterocycles. The van der Waals surface area contributed by atoms with Crippen molar-refractivity contribution in [3.8, 4) is 11.5 Å². The lowest BCUT2D eigenvalue weighted by Crippen LogP contribution is -2.47. The van der Waals surface area contributed by atoms with Gasteiger partial charge in [-0.2, -0.15) is 0 Å². The van der Waals surface area contributed by atoms with Crippen LogP contribution in [0.15, 0.2) is 59.5 Å². The van der Waals surface area contributed by atoms with Crippen molar-refractivity contribution < 1.29 is 24.2 Å². The van der Waals surface area contributed by atoms with Crippen LogP contribution in [-0.2, 0) is 14.4 Å². The van der Waals surface area contributed by atoms with Crippen LogP contribution in [0.1, 0.15) is 18.9 Å². The molecule has 1 saturated heterocycles. The quantitative estimate of drug-likeness (QED) is 0.462. The fraction of sp³-hybridized carbons (Fsp3) is 0.182. The van der Waals surface area contributed by atoms with E-state index in [1.54, 1.807) is 13.0 Å². The normalized spacial score (nSPS) is 15.8. The van der Waals surface area contributed by atoms with E-state index in [1.807, 2.05) is 54.6 Å². The summed E-state index contributed by atoms with van der Waals surface area (Å²) in [6.45, 7) is 1.54. The summed E-state index contributed by atoms with van der Waals surface area (Å²) in [5.74, 6) is -0.516. The van der Waals surface area contributed by atoms with Crippen LogP contribution in [0.2, 0.25) is 0 Å². The molecule has 2 N–H and O–H groups in total. The van der Waals surface area contributed by atoms with E-state index in [2.05, 4.69) is 5.32 Å². The maximum absolute atomic E-state index is 12.9. The maximum Gasteiger partial charge on any atom is 0.305 e. The van der Waals surface area contributed by atoms with Gasteiger partial charge in [0, 0.05) is 6.54 Å². The average molecular weight is 457 g/mol. The average Bonchev–Trinajstić information content (AvgIpc) is 3.01. The van der Waals surface area contributed by atoms with Crippen molar-refractivity contribution >= 4 is 52.2 Å². The van der Waals surface area contributed by atoms with Crippen LogP contribution in [0.3, 0.4) is 0 Å². The topological polar surface area (TPSA) is 95.9 Å². The summed E-state index contributed by atoms with van der Waals surface area (Å²) in [7, 11) is 0. The molecule has 3 rings (SSSR count). The molecule has 0 aliphatic carbocycles. The Kier molecular flexibility index (Phi) is 7.43. The molecule has 0 spiro atoms. The Morgan fingerprint density at radius 1 is 1.19 bits per heavy atom. The van der Waals surface area contributed by atoms with Crippen LogP contribution < -0.4 is 10.1 Å². The van der Waals surface area contributed by atoms with Gasteiger partial charge in [0.15, 0.2) is 0 Å². The van der Waals surface area contributed by atoms with E-state index in [-0.39, 0.29) is 23.2 Å². The fourth-order valence-electron chi connectivity index (χ4n) is 2.82. The van der Waals surface area contributed by atoms with Crippen molar-refractivity contribution in [3.05, 3.63) is 65.1 Å². The van der Waals surface area contributed by atoms with Gasteiger partial charge in [-0.1, -0.05) is 54.3 Å². The Bertz CT molecular complexity index is 1040. The number of hydrogen-bond donors (Lipinski definition) is 2. The smallest absolute Gasteiger partial charge is 0.305 e. The zero-order valence-electron chi connectivity index (χ0n) is 16.6. The molecule has 0 bridgehead atoms. The molecule has 7 nitrogen and oxygen atoms in total. The Balaban J connectivity index is 1.70. The van der Waals surface area contributed by atoms with Gasteiger partial charge in [-0.3, -0.25) is 19.3 Å². The molecule has 1 atom stereocenters. The third kappa shape index (κ3) is 5.93. The van der Waals surface area contributed by atoms with Crippen molar-refractivity contribution in [1.82, 2.24) is 10.2 Å². The van der Waals surface area contributed by atoms with E-state index in [0.717, 1.165) is 17.3 Å². The van der Waals surface area contributed by atoms with Crippen molar-refractivity contribution in [2.75, 3.05) is 6.54 Å². The molecule has 9 heteroatoms. The number of nitrogens with zero attached hydrogens (tertiary/aromatic N) is 1. The number of aliphatic carboxylic acids is 1. The third-order valence-electron chi connectivity index (χ3n) is 4.36. The summed E-state index contributed by atoms with van der Waals surface area (Å²) in [5.41, 5.74) is 0.757. The summed E-state index contributed by atoms with van der Waals surface area (Å²) in [6, 6.07) is 15.8. The molecule has 0 aromatic heterocycles. The monoisotopic (exact) mass is 456 g/mol.